The fraction of sp³-hybridized carbons (Fsp3) is 0.222. The minimum Gasteiger partial charge on any atom is -0.321 e. The van der Waals surface area contributed by atoms with Crippen LogP contribution < -0.4 is 5.73 Å². The zero-order valence-corrected chi connectivity index (χ0v) is 6.37. The Bertz CT molecular complexity index is 241. The van der Waals surface area contributed by atoms with Gasteiger partial charge in [-0.25, -0.2) is 0 Å². The van der Waals surface area contributed by atoms with E-state index >= 15 is 0 Å². The van der Waals surface area contributed by atoms with Crippen molar-refractivity contribution >= 4 is 5.78 Å². The predicted octanol–water partition coefficient (Wildman–Crippen LogP) is 1.02. The number of hydrogen-bond acceptors (Lipinski definition) is 2. The smallest absolute Gasteiger partial charge is 0.179 e. The highest BCUT2D eigenvalue weighted by Crippen LogP contribution is 2.00. The molecule has 0 unspecified atom stereocenters. The molecule has 0 aliphatic heterocycles. The first-order chi connectivity index (χ1) is 5.22. The van der Waals surface area contributed by atoms with Crippen LogP contribution in [0.4, 0.5) is 0 Å². The van der Waals surface area contributed by atoms with Crippen LogP contribution in [0.1, 0.15) is 17.3 Å². The quantitative estimate of drug-likeness (QED) is 0.636. The molecular formula is C9H10NO. The molecule has 0 aliphatic carbocycles. The first-order valence-corrected chi connectivity index (χ1v) is 3.47. The minimum atomic E-state index is -0.419. The van der Waals surface area contributed by atoms with Crippen LogP contribution in [0, 0.1) is 6.07 Å². The van der Waals surface area contributed by atoms with E-state index < -0.39 is 6.04 Å². The largest absolute Gasteiger partial charge is 0.321 e. The van der Waals surface area contributed by atoms with Crippen molar-refractivity contribution in [2.24, 2.45) is 5.73 Å². The molecule has 0 fully saturated rings. The van der Waals surface area contributed by atoms with Gasteiger partial charge in [-0.1, -0.05) is 24.3 Å². The molecule has 1 aromatic rings. The average Bonchev–Trinajstić information content (AvgIpc) is 2.05. The predicted molar refractivity (Wildman–Crippen MR) is 43.3 cm³/mol. The lowest BCUT2D eigenvalue weighted by Gasteiger charge is -2.02. The van der Waals surface area contributed by atoms with E-state index in [0.717, 1.165) is 0 Å². The summed E-state index contributed by atoms with van der Waals surface area (Å²) in [5, 5.41) is 0. The molecule has 0 aromatic heterocycles. The molecule has 0 bridgehead atoms. The van der Waals surface area contributed by atoms with Gasteiger partial charge in [0.05, 0.1) is 6.04 Å². The lowest BCUT2D eigenvalue weighted by molar-refractivity contribution is 0.0968. The van der Waals surface area contributed by atoms with Crippen LogP contribution in [0.25, 0.3) is 0 Å². The Kier molecular flexibility index (Phi) is 2.39. The van der Waals surface area contributed by atoms with Crippen molar-refractivity contribution in [2.75, 3.05) is 0 Å². The molecule has 11 heavy (non-hydrogen) atoms. The van der Waals surface area contributed by atoms with Crippen molar-refractivity contribution in [1.29, 1.82) is 0 Å². The summed E-state index contributed by atoms with van der Waals surface area (Å²) in [6.07, 6.45) is 0. The number of ketones is 1. The number of hydrogen-bond donors (Lipinski definition) is 1. The molecule has 2 nitrogen and oxygen atoms in total. The van der Waals surface area contributed by atoms with Crippen LogP contribution in [-0.2, 0) is 0 Å². The first kappa shape index (κ1) is 7.95. The first-order valence-electron chi connectivity index (χ1n) is 3.47. The molecule has 1 aromatic carbocycles. The molecule has 0 amide bonds. The van der Waals surface area contributed by atoms with Gasteiger partial charge < -0.3 is 5.73 Å². The lowest BCUT2D eigenvalue weighted by atomic mass is 10.1. The number of Topliss-reactive ketones (excluding diaryl/α,β-unsaturated/α-hetero) is 1. The highest BCUT2D eigenvalue weighted by atomic mass is 16.1. The van der Waals surface area contributed by atoms with Gasteiger partial charge in [0.25, 0.3) is 0 Å². The summed E-state index contributed by atoms with van der Waals surface area (Å²) in [5.74, 6) is -0.0287. The van der Waals surface area contributed by atoms with Gasteiger partial charge in [0.15, 0.2) is 5.78 Å². The van der Waals surface area contributed by atoms with E-state index in [2.05, 4.69) is 6.07 Å². The molecule has 0 spiro atoms. The maximum Gasteiger partial charge on any atom is 0.179 e. The number of carbonyl (C=O) groups is 1. The zero-order valence-electron chi connectivity index (χ0n) is 6.37. The van der Waals surface area contributed by atoms with Gasteiger partial charge in [0.1, 0.15) is 0 Å². The van der Waals surface area contributed by atoms with E-state index in [4.69, 9.17) is 5.73 Å². The molecule has 0 saturated heterocycles. The summed E-state index contributed by atoms with van der Waals surface area (Å²) in [7, 11) is 0. The van der Waals surface area contributed by atoms with Crippen molar-refractivity contribution in [3.8, 4) is 0 Å². The van der Waals surface area contributed by atoms with Gasteiger partial charge in [-0.05, 0) is 13.0 Å². The zero-order chi connectivity index (χ0) is 8.27. The second kappa shape index (κ2) is 3.30. The number of nitrogens with two attached hydrogens (primary N) is 1. The molecule has 2 N–H and O–H groups in total. The molecule has 0 heterocycles. The summed E-state index contributed by atoms with van der Waals surface area (Å²) in [6, 6.07) is 9.25. The average molecular weight is 148 g/mol. The maximum absolute atomic E-state index is 11.2. The SMILES string of the molecule is C[C@@H](N)C(=O)c1cc[c]cc1. The third kappa shape index (κ3) is 1.88. The van der Waals surface area contributed by atoms with Gasteiger partial charge in [0.2, 0.25) is 0 Å². The van der Waals surface area contributed by atoms with Gasteiger partial charge in [-0.15, -0.1) is 0 Å². The minimum absolute atomic E-state index is 0.0287. The van der Waals surface area contributed by atoms with Crippen LogP contribution in [0.2, 0.25) is 0 Å². The van der Waals surface area contributed by atoms with Crippen molar-refractivity contribution in [3.63, 3.8) is 0 Å². The lowest BCUT2D eigenvalue weighted by Crippen LogP contribution is -2.26. The Morgan fingerprint density at radius 1 is 1.55 bits per heavy atom. The maximum atomic E-state index is 11.2. The van der Waals surface area contributed by atoms with Gasteiger partial charge in [0, 0.05) is 5.56 Å². The van der Waals surface area contributed by atoms with Crippen molar-refractivity contribution in [3.05, 3.63) is 35.9 Å². The fourth-order valence-electron chi connectivity index (χ4n) is 0.814. The van der Waals surface area contributed by atoms with E-state index in [-0.39, 0.29) is 5.78 Å². The van der Waals surface area contributed by atoms with Crippen LogP contribution in [0.3, 0.4) is 0 Å². The van der Waals surface area contributed by atoms with Gasteiger partial charge in [-0.3, -0.25) is 4.79 Å². The van der Waals surface area contributed by atoms with Crippen molar-refractivity contribution < 1.29 is 4.79 Å². The van der Waals surface area contributed by atoms with E-state index in [9.17, 15) is 4.79 Å². The Balaban J connectivity index is 2.86. The summed E-state index contributed by atoms with van der Waals surface area (Å²) in [5.41, 5.74) is 6.06. The number of benzene rings is 1. The third-order valence-corrected chi connectivity index (χ3v) is 1.42. The Morgan fingerprint density at radius 3 is 2.55 bits per heavy atom. The van der Waals surface area contributed by atoms with Gasteiger partial charge in [-0.2, -0.15) is 0 Å². The second-order valence-electron chi connectivity index (χ2n) is 2.44. The normalized spacial score (nSPS) is 12.5. The summed E-state index contributed by atoms with van der Waals surface area (Å²) < 4.78 is 0. The van der Waals surface area contributed by atoms with E-state index in [1.165, 1.54) is 0 Å². The Hall–Kier alpha value is -1.15. The van der Waals surface area contributed by atoms with Crippen LogP contribution in [0.5, 0.6) is 0 Å². The molecule has 0 saturated carbocycles. The highest BCUT2D eigenvalue weighted by molar-refractivity contribution is 5.99. The topological polar surface area (TPSA) is 43.1 Å². The summed E-state index contributed by atoms with van der Waals surface area (Å²) >= 11 is 0. The molecule has 1 radical (unpaired) electrons. The number of carbonyl (C=O) groups excluding carboxylic acids is 1. The van der Waals surface area contributed by atoms with Crippen molar-refractivity contribution in [1.82, 2.24) is 0 Å². The van der Waals surface area contributed by atoms with E-state index in [1.54, 1.807) is 31.2 Å². The van der Waals surface area contributed by atoms with Crippen LogP contribution in [-0.4, -0.2) is 11.8 Å². The van der Waals surface area contributed by atoms with E-state index in [0.29, 0.717) is 5.56 Å². The fourth-order valence-corrected chi connectivity index (χ4v) is 0.814. The van der Waals surface area contributed by atoms with Crippen molar-refractivity contribution in [2.45, 2.75) is 13.0 Å². The standard InChI is InChI=1S/C9H10NO/c1-7(10)9(11)8-5-3-2-4-6-8/h3-7H,10H2,1H3/t7-/m1/s1. The molecule has 1 atom stereocenters. The Labute approximate surface area is 66.0 Å². The highest BCUT2D eigenvalue weighted by Gasteiger charge is 2.08. The molecule has 2 heteroatoms. The molecule has 57 valence electrons. The molecule has 0 aliphatic rings. The van der Waals surface area contributed by atoms with E-state index in [1.807, 2.05) is 0 Å². The molecule has 1 rings (SSSR count). The van der Waals surface area contributed by atoms with Gasteiger partial charge >= 0.3 is 0 Å². The number of rotatable bonds is 2. The second-order valence-corrected chi connectivity index (χ2v) is 2.44. The molecular weight excluding hydrogens is 138 g/mol. The summed E-state index contributed by atoms with van der Waals surface area (Å²) in [6.45, 7) is 1.68. The monoisotopic (exact) mass is 148 g/mol. The Morgan fingerprint density at radius 2 is 2.09 bits per heavy atom. The van der Waals surface area contributed by atoms with Crippen LogP contribution in [0.15, 0.2) is 24.3 Å². The summed E-state index contributed by atoms with van der Waals surface area (Å²) in [4.78, 5) is 11.2. The van der Waals surface area contributed by atoms with Crippen LogP contribution >= 0.6 is 0 Å². The third-order valence-electron chi connectivity index (χ3n) is 1.42.